The van der Waals surface area contributed by atoms with Crippen LogP contribution in [0.15, 0.2) is 40.9 Å². The van der Waals surface area contributed by atoms with Gasteiger partial charge in [-0.05, 0) is 56.9 Å². The van der Waals surface area contributed by atoms with Crippen LogP contribution in [-0.2, 0) is 16.8 Å². The van der Waals surface area contributed by atoms with Crippen molar-refractivity contribution in [2.24, 2.45) is 0 Å². The molecule has 7 rings (SSSR count). The molecule has 1 aliphatic carbocycles. The fraction of sp³-hybridized carbons (Fsp3) is 0.630. The Balaban J connectivity index is 0.999. The van der Waals surface area contributed by atoms with Crippen molar-refractivity contribution in [2.75, 3.05) is 13.1 Å². The van der Waals surface area contributed by atoms with E-state index in [9.17, 15) is 13.2 Å². The first-order valence-corrected chi connectivity index (χ1v) is 15.2. The zero-order chi connectivity index (χ0) is 25.1. The number of hydrogen-bond donors (Lipinski definition) is 1. The lowest BCUT2D eigenvalue weighted by Gasteiger charge is -2.45. The first-order valence-electron chi connectivity index (χ1n) is 13.8. The van der Waals surface area contributed by atoms with Gasteiger partial charge in [-0.2, -0.15) is 17.0 Å². The van der Waals surface area contributed by atoms with Gasteiger partial charge < -0.3 is 9.84 Å². The fourth-order valence-corrected chi connectivity index (χ4v) is 9.29. The molecule has 1 N–H and O–H groups in total. The predicted octanol–water partition coefficient (Wildman–Crippen LogP) is 2.87. The molecule has 0 spiro atoms. The second kappa shape index (κ2) is 9.18. The number of piperidine rings is 1. The van der Waals surface area contributed by atoms with E-state index < -0.39 is 10.2 Å². The van der Waals surface area contributed by atoms with Crippen LogP contribution in [0, 0.1) is 0 Å². The molecule has 1 saturated carbocycles. The van der Waals surface area contributed by atoms with E-state index in [2.05, 4.69) is 39.6 Å². The van der Waals surface area contributed by atoms with Crippen molar-refractivity contribution in [1.82, 2.24) is 24.0 Å². The molecule has 2 aromatic rings. The molecule has 5 aliphatic rings. The van der Waals surface area contributed by atoms with Gasteiger partial charge in [0.25, 0.3) is 16.1 Å². The lowest BCUT2D eigenvalue weighted by molar-refractivity contribution is 0.0871. The summed E-state index contributed by atoms with van der Waals surface area (Å²) in [5.41, 5.74) is 1.61. The average Bonchev–Trinajstić information content (AvgIpc) is 3.49. The number of aromatic nitrogens is 1. The van der Waals surface area contributed by atoms with Crippen LogP contribution in [0.3, 0.4) is 0 Å². The quantitative estimate of drug-likeness (QED) is 0.597. The Morgan fingerprint density at radius 3 is 2.24 bits per heavy atom. The first-order chi connectivity index (χ1) is 18.0. The molecule has 5 fully saturated rings. The molecular weight excluding hydrogens is 490 g/mol. The van der Waals surface area contributed by atoms with Gasteiger partial charge in [-0.3, -0.25) is 9.69 Å². The summed E-state index contributed by atoms with van der Waals surface area (Å²) in [7, 11) is -3.55. The highest BCUT2D eigenvalue weighted by atomic mass is 32.2. The number of fused-ring (bicyclic) bond motifs is 4. The molecule has 4 aliphatic heterocycles. The Labute approximate surface area is 218 Å². The van der Waals surface area contributed by atoms with Gasteiger partial charge in [-0.15, -0.1) is 0 Å². The average molecular weight is 526 g/mol. The molecule has 1 aromatic carbocycles. The maximum absolute atomic E-state index is 13.9. The molecule has 1 aromatic heterocycles. The molecule has 10 heteroatoms. The van der Waals surface area contributed by atoms with Crippen molar-refractivity contribution in [3.63, 3.8) is 0 Å². The number of nitrogens with one attached hydrogen (secondary N) is 1. The van der Waals surface area contributed by atoms with E-state index in [1.165, 1.54) is 5.56 Å². The summed E-state index contributed by atoms with van der Waals surface area (Å²) >= 11 is 0. The van der Waals surface area contributed by atoms with Crippen LogP contribution in [0.4, 0.5) is 0 Å². The van der Waals surface area contributed by atoms with E-state index in [1.807, 2.05) is 6.07 Å². The van der Waals surface area contributed by atoms with Crippen molar-refractivity contribution in [1.29, 1.82) is 0 Å². The van der Waals surface area contributed by atoms with Gasteiger partial charge in [-0.25, -0.2) is 0 Å². The van der Waals surface area contributed by atoms with Crippen LogP contribution in [0.1, 0.15) is 79.1 Å². The standard InChI is InChI=1S/C27H35N5O4S/c33-27(25-14-26(36-29-25)19-6-7-19)28-20-12-21-8-9-22(13-20)32(21)37(34,35)30-16-23-10-11-24(17-30)31(23)15-18-4-2-1-3-5-18/h1-5,14,19-24H,6-13,15-17H2,(H,28,33)/t20-,21+,22-,23?,24?. The summed E-state index contributed by atoms with van der Waals surface area (Å²) in [4.78, 5) is 15.3. The Bertz CT molecular complexity index is 1230. The SMILES string of the molecule is O=C(N[C@H]1C[C@H]2CC[C@@H](C1)N2S(=O)(=O)N1CC2CCC(C1)N2Cc1ccccc1)c1cc(C2CC2)on1. The van der Waals surface area contributed by atoms with Crippen LogP contribution in [0.2, 0.25) is 0 Å². The third-order valence-electron chi connectivity index (χ3n) is 9.14. The summed E-state index contributed by atoms with van der Waals surface area (Å²) < 4.78 is 36.8. The van der Waals surface area contributed by atoms with Crippen LogP contribution in [-0.4, -0.2) is 76.3 Å². The van der Waals surface area contributed by atoms with E-state index in [4.69, 9.17) is 4.52 Å². The highest BCUT2D eigenvalue weighted by Gasteiger charge is 2.52. The Morgan fingerprint density at radius 2 is 1.59 bits per heavy atom. The molecule has 198 valence electrons. The van der Waals surface area contributed by atoms with E-state index in [0.717, 1.165) is 50.8 Å². The fourth-order valence-electron chi connectivity index (χ4n) is 7.17. The van der Waals surface area contributed by atoms with Gasteiger partial charge in [0.2, 0.25) is 0 Å². The highest BCUT2D eigenvalue weighted by molar-refractivity contribution is 7.86. The van der Waals surface area contributed by atoms with Crippen LogP contribution < -0.4 is 5.32 Å². The van der Waals surface area contributed by atoms with Crippen LogP contribution in [0.5, 0.6) is 0 Å². The summed E-state index contributed by atoms with van der Waals surface area (Å²) in [5, 5.41) is 7.07. The summed E-state index contributed by atoms with van der Waals surface area (Å²) in [6.45, 7) is 2.02. The minimum atomic E-state index is -3.55. The van der Waals surface area contributed by atoms with Crippen molar-refractivity contribution in [3.8, 4) is 0 Å². The molecule has 0 radical (unpaired) electrons. The zero-order valence-corrected chi connectivity index (χ0v) is 21.9. The number of hydrogen-bond acceptors (Lipinski definition) is 6. The molecule has 1 amide bonds. The second-order valence-corrected chi connectivity index (χ2v) is 13.4. The van der Waals surface area contributed by atoms with Crippen molar-refractivity contribution >= 4 is 16.1 Å². The predicted molar refractivity (Wildman–Crippen MR) is 137 cm³/mol. The van der Waals surface area contributed by atoms with Crippen LogP contribution >= 0.6 is 0 Å². The topological polar surface area (TPSA) is 99.0 Å². The van der Waals surface area contributed by atoms with Crippen molar-refractivity contribution in [3.05, 3.63) is 53.4 Å². The van der Waals surface area contributed by atoms with E-state index in [0.29, 0.717) is 37.5 Å². The second-order valence-electron chi connectivity index (χ2n) is 11.6. The molecule has 5 atom stereocenters. The lowest BCUT2D eigenvalue weighted by atomic mass is 9.99. The van der Waals surface area contributed by atoms with Gasteiger partial charge in [0.1, 0.15) is 5.76 Å². The summed E-state index contributed by atoms with van der Waals surface area (Å²) in [6.07, 6.45) is 7.29. The number of nitrogens with zero attached hydrogens (tertiary/aromatic N) is 4. The molecule has 9 nitrogen and oxygen atoms in total. The minimum absolute atomic E-state index is 0.0450. The Morgan fingerprint density at radius 1 is 0.946 bits per heavy atom. The summed E-state index contributed by atoms with van der Waals surface area (Å²) in [6, 6.07) is 12.6. The molecule has 37 heavy (non-hydrogen) atoms. The Hall–Kier alpha value is -2.27. The number of piperazine rings is 1. The molecular formula is C27H35N5O4S. The van der Waals surface area contributed by atoms with Crippen molar-refractivity contribution in [2.45, 2.75) is 94.0 Å². The largest absolute Gasteiger partial charge is 0.360 e. The molecule has 4 saturated heterocycles. The van der Waals surface area contributed by atoms with E-state index in [1.54, 1.807) is 14.7 Å². The monoisotopic (exact) mass is 525 g/mol. The summed E-state index contributed by atoms with van der Waals surface area (Å²) in [5.74, 6) is 0.986. The maximum Gasteiger partial charge on any atom is 0.282 e. The number of rotatable bonds is 7. The number of amides is 1. The molecule has 4 bridgehead atoms. The molecule has 2 unspecified atom stereocenters. The van der Waals surface area contributed by atoms with Crippen molar-refractivity contribution < 1.29 is 17.7 Å². The number of benzene rings is 1. The maximum atomic E-state index is 13.9. The van der Waals surface area contributed by atoms with Crippen LogP contribution in [0.25, 0.3) is 0 Å². The van der Waals surface area contributed by atoms with Gasteiger partial charge >= 0.3 is 0 Å². The normalized spacial score (nSPS) is 32.6. The van der Waals surface area contributed by atoms with E-state index >= 15 is 0 Å². The number of carbonyl (C=O) groups excluding carboxylic acids is 1. The zero-order valence-electron chi connectivity index (χ0n) is 21.0. The van der Waals surface area contributed by atoms with Gasteiger partial charge in [0, 0.05) is 61.8 Å². The van der Waals surface area contributed by atoms with E-state index in [-0.39, 0.29) is 36.1 Å². The number of carbonyl (C=O) groups is 1. The smallest absolute Gasteiger partial charge is 0.282 e. The Kier molecular flexibility index (Phi) is 5.91. The molecule has 5 heterocycles. The van der Waals surface area contributed by atoms with Gasteiger partial charge in [-0.1, -0.05) is 35.5 Å². The third kappa shape index (κ3) is 4.41. The van der Waals surface area contributed by atoms with Gasteiger partial charge in [0.15, 0.2) is 5.69 Å². The first kappa shape index (κ1) is 23.8. The van der Waals surface area contributed by atoms with Gasteiger partial charge in [0.05, 0.1) is 0 Å². The lowest BCUT2D eigenvalue weighted by Crippen LogP contribution is -2.61. The highest BCUT2D eigenvalue weighted by Crippen LogP contribution is 2.42. The minimum Gasteiger partial charge on any atom is -0.360 e. The third-order valence-corrected chi connectivity index (χ3v) is 11.2.